The number of para-hydroxylation sites is 1. The summed E-state index contributed by atoms with van der Waals surface area (Å²) in [6, 6.07) is 12.2. The monoisotopic (exact) mass is 423 g/mol. The number of nitrogens with zero attached hydrogens (tertiary/aromatic N) is 3. The molecule has 0 fully saturated rings. The lowest BCUT2D eigenvalue weighted by Gasteiger charge is -2.14. The zero-order chi connectivity index (χ0) is 19.6. The standard InChI is InChI=1S/C20H22FN3O2S.ClH/c1-22(2)12-13-23(3)14-16-15-24(20-7-5-4-6-19(16)20)27(25,26)18-10-8-17(21)9-11-18;/h4-13,15H,14H2,1-3H3;1H. The lowest BCUT2D eigenvalue weighted by Crippen LogP contribution is -2.13. The first-order valence-corrected chi connectivity index (χ1v) is 9.88. The van der Waals surface area contributed by atoms with E-state index in [1.807, 2.05) is 55.5 Å². The molecule has 0 spiro atoms. The van der Waals surface area contributed by atoms with Crippen molar-refractivity contribution in [3.05, 3.63) is 78.5 Å². The topological polar surface area (TPSA) is 45.5 Å². The highest BCUT2D eigenvalue weighted by atomic mass is 35.5. The number of hydrogen-bond acceptors (Lipinski definition) is 4. The van der Waals surface area contributed by atoms with Crippen molar-refractivity contribution in [3.8, 4) is 0 Å². The summed E-state index contributed by atoms with van der Waals surface area (Å²) in [5.74, 6) is -0.471. The van der Waals surface area contributed by atoms with Crippen LogP contribution in [0, 0.1) is 5.82 Å². The van der Waals surface area contributed by atoms with Crippen molar-refractivity contribution in [2.45, 2.75) is 11.4 Å². The number of halogens is 2. The first-order valence-electron chi connectivity index (χ1n) is 8.44. The van der Waals surface area contributed by atoms with E-state index in [4.69, 9.17) is 0 Å². The number of rotatable bonds is 6. The Morgan fingerprint density at radius 2 is 1.64 bits per heavy atom. The third kappa shape index (κ3) is 4.48. The highest BCUT2D eigenvalue weighted by Crippen LogP contribution is 2.27. The second kappa shape index (κ2) is 8.67. The second-order valence-electron chi connectivity index (χ2n) is 6.60. The van der Waals surface area contributed by atoms with Crippen LogP contribution in [-0.2, 0) is 16.6 Å². The van der Waals surface area contributed by atoms with Crippen LogP contribution in [0.4, 0.5) is 4.39 Å². The molecule has 0 saturated carbocycles. The zero-order valence-corrected chi connectivity index (χ0v) is 17.5. The van der Waals surface area contributed by atoms with Crippen molar-refractivity contribution >= 4 is 33.3 Å². The number of benzene rings is 2. The average Bonchev–Trinajstić information content (AvgIpc) is 3.00. The van der Waals surface area contributed by atoms with Crippen molar-refractivity contribution < 1.29 is 12.8 Å². The van der Waals surface area contributed by atoms with Gasteiger partial charge in [-0.15, -0.1) is 12.4 Å². The molecule has 0 N–H and O–H groups in total. The maximum Gasteiger partial charge on any atom is 0.268 e. The summed E-state index contributed by atoms with van der Waals surface area (Å²) in [4.78, 5) is 3.96. The lowest BCUT2D eigenvalue weighted by atomic mass is 10.2. The molecule has 150 valence electrons. The highest BCUT2D eigenvalue weighted by Gasteiger charge is 2.21. The van der Waals surface area contributed by atoms with E-state index in [1.165, 1.54) is 16.1 Å². The van der Waals surface area contributed by atoms with Crippen LogP contribution in [0.3, 0.4) is 0 Å². The van der Waals surface area contributed by atoms with Gasteiger partial charge in [-0.2, -0.15) is 0 Å². The molecule has 5 nitrogen and oxygen atoms in total. The molecule has 0 aliphatic carbocycles. The molecule has 8 heteroatoms. The Hall–Kier alpha value is -2.51. The summed E-state index contributed by atoms with van der Waals surface area (Å²) >= 11 is 0. The van der Waals surface area contributed by atoms with Crippen molar-refractivity contribution in [2.75, 3.05) is 21.1 Å². The summed E-state index contributed by atoms with van der Waals surface area (Å²) in [6.45, 7) is 0.552. The predicted octanol–water partition coefficient (Wildman–Crippen LogP) is 3.90. The van der Waals surface area contributed by atoms with Crippen LogP contribution in [0.15, 0.2) is 72.0 Å². The van der Waals surface area contributed by atoms with Crippen LogP contribution in [0.1, 0.15) is 5.56 Å². The molecule has 0 radical (unpaired) electrons. The van der Waals surface area contributed by atoms with Gasteiger partial charge < -0.3 is 9.80 Å². The first-order chi connectivity index (χ1) is 12.8. The molecule has 0 aliphatic rings. The van der Waals surface area contributed by atoms with Crippen molar-refractivity contribution in [1.82, 2.24) is 13.8 Å². The third-order valence-corrected chi connectivity index (χ3v) is 5.86. The van der Waals surface area contributed by atoms with Gasteiger partial charge in [0.15, 0.2) is 0 Å². The molecule has 28 heavy (non-hydrogen) atoms. The molecular weight excluding hydrogens is 401 g/mol. The number of aromatic nitrogens is 1. The fourth-order valence-corrected chi connectivity index (χ4v) is 4.22. The SMILES string of the molecule is CN(C)C=CN(C)Cc1cn(S(=O)(=O)c2ccc(F)cc2)c2ccccc12.Cl. The quantitative estimate of drug-likeness (QED) is 0.603. The maximum absolute atomic E-state index is 13.2. The van der Waals surface area contributed by atoms with E-state index in [0.717, 1.165) is 23.1 Å². The summed E-state index contributed by atoms with van der Waals surface area (Å²) in [5, 5.41) is 0.869. The van der Waals surface area contributed by atoms with E-state index in [2.05, 4.69) is 0 Å². The van der Waals surface area contributed by atoms with Gasteiger partial charge in [0, 0.05) is 51.7 Å². The predicted molar refractivity (Wildman–Crippen MR) is 112 cm³/mol. The molecule has 3 aromatic rings. The maximum atomic E-state index is 13.2. The smallest absolute Gasteiger partial charge is 0.268 e. The van der Waals surface area contributed by atoms with E-state index in [0.29, 0.717) is 12.1 Å². The fraction of sp³-hybridized carbons (Fsp3) is 0.200. The van der Waals surface area contributed by atoms with Gasteiger partial charge in [0.1, 0.15) is 5.82 Å². The van der Waals surface area contributed by atoms with Crippen molar-refractivity contribution in [2.24, 2.45) is 0 Å². The molecule has 3 rings (SSSR count). The Morgan fingerprint density at radius 3 is 2.29 bits per heavy atom. The summed E-state index contributed by atoms with van der Waals surface area (Å²) in [7, 11) is 1.99. The van der Waals surface area contributed by atoms with Gasteiger partial charge in [-0.1, -0.05) is 18.2 Å². The molecule has 2 aromatic carbocycles. The molecule has 0 bridgehead atoms. The van der Waals surface area contributed by atoms with E-state index in [9.17, 15) is 12.8 Å². The Kier molecular flexibility index (Phi) is 6.74. The van der Waals surface area contributed by atoms with Crippen LogP contribution in [-0.4, -0.2) is 43.3 Å². The molecule has 0 saturated heterocycles. The molecule has 0 aliphatic heterocycles. The van der Waals surface area contributed by atoms with Gasteiger partial charge in [-0.05, 0) is 35.9 Å². The van der Waals surface area contributed by atoms with E-state index >= 15 is 0 Å². The van der Waals surface area contributed by atoms with Crippen LogP contribution < -0.4 is 0 Å². The molecule has 0 amide bonds. The Morgan fingerprint density at radius 1 is 1.00 bits per heavy atom. The molecule has 0 atom stereocenters. The highest BCUT2D eigenvalue weighted by molar-refractivity contribution is 7.90. The average molecular weight is 424 g/mol. The minimum Gasteiger partial charge on any atom is -0.382 e. The van der Waals surface area contributed by atoms with Gasteiger partial charge >= 0.3 is 0 Å². The van der Waals surface area contributed by atoms with E-state index < -0.39 is 15.8 Å². The lowest BCUT2D eigenvalue weighted by molar-refractivity contribution is 0.436. The minimum absolute atomic E-state index is 0. The summed E-state index contributed by atoms with van der Waals surface area (Å²) in [6.07, 6.45) is 5.50. The Bertz CT molecular complexity index is 1080. The van der Waals surface area contributed by atoms with Gasteiger partial charge in [0.25, 0.3) is 10.0 Å². The van der Waals surface area contributed by atoms with Gasteiger partial charge in [0.05, 0.1) is 10.4 Å². The minimum atomic E-state index is -3.82. The third-order valence-electron chi connectivity index (χ3n) is 4.17. The van der Waals surface area contributed by atoms with Gasteiger partial charge in [-0.25, -0.2) is 16.8 Å². The van der Waals surface area contributed by atoms with Crippen molar-refractivity contribution in [3.63, 3.8) is 0 Å². The zero-order valence-electron chi connectivity index (χ0n) is 15.9. The van der Waals surface area contributed by atoms with Crippen LogP contribution in [0.5, 0.6) is 0 Å². The Balaban J connectivity index is 0.00000280. The van der Waals surface area contributed by atoms with E-state index in [-0.39, 0.29) is 17.3 Å². The Labute approximate surface area is 171 Å². The second-order valence-corrected chi connectivity index (χ2v) is 8.42. The fourth-order valence-electron chi connectivity index (χ4n) is 2.83. The number of fused-ring (bicyclic) bond motifs is 1. The van der Waals surface area contributed by atoms with Crippen LogP contribution in [0.25, 0.3) is 10.9 Å². The van der Waals surface area contributed by atoms with Crippen molar-refractivity contribution in [1.29, 1.82) is 0 Å². The van der Waals surface area contributed by atoms with Crippen LogP contribution in [0.2, 0.25) is 0 Å². The first kappa shape index (κ1) is 21.8. The molecule has 0 unspecified atom stereocenters. The van der Waals surface area contributed by atoms with Crippen LogP contribution >= 0.6 is 12.4 Å². The summed E-state index contributed by atoms with van der Waals surface area (Å²) < 4.78 is 40.6. The summed E-state index contributed by atoms with van der Waals surface area (Å²) in [5.41, 5.74) is 1.49. The molecule has 1 aromatic heterocycles. The number of hydrogen-bond donors (Lipinski definition) is 0. The van der Waals surface area contributed by atoms with Gasteiger partial charge in [0.2, 0.25) is 0 Å². The normalized spacial score (nSPS) is 11.6. The van der Waals surface area contributed by atoms with Gasteiger partial charge in [-0.3, -0.25) is 0 Å². The molecule has 1 heterocycles. The molecular formula is C20H23ClFN3O2S. The largest absolute Gasteiger partial charge is 0.382 e. The van der Waals surface area contributed by atoms with E-state index in [1.54, 1.807) is 18.3 Å².